The number of halogens is 1. The molecule has 5 nitrogen and oxygen atoms in total. The van der Waals surface area contributed by atoms with Crippen molar-refractivity contribution in [2.45, 2.75) is 0 Å². The highest BCUT2D eigenvalue weighted by Gasteiger charge is 2.12. The lowest BCUT2D eigenvalue weighted by atomic mass is 10.1. The number of nitrogens with zero attached hydrogens (tertiary/aromatic N) is 2. The lowest BCUT2D eigenvalue weighted by Gasteiger charge is -2.13. The van der Waals surface area contributed by atoms with Gasteiger partial charge in [-0.1, -0.05) is 54.1 Å². The normalized spacial score (nSPS) is 10.7. The monoisotopic (exact) mass is 362 g/mol. The smallest absolute Gasteiger partial charge is 0.248 e. The summed E-state index contributed by atoms with van der Waals surface area (Å²) in [6, 6.07) is 21.1. The third kappa shape index (κ3) is 3.25. The van der Waals surface area contributed by atoms with Crippen LogP contribution in [0.1, 0.15) is 0 Å². The van der Waals surface area contributed by atoms with Crippen LogP contribution in [0.5, 0.6) is 11.6 Å². The average molecular weight is 363 g/mol. The molecule has 0 radical (unpaired) electrons. The standard InChI is InChI=1S/C20H15ClN4O/c21-14-7-4-8-15(11-14)25-19-18(22)20(24-12-23-19)26-17-10-3-6-13-5-1-2-9-16(13)17/h1-12H,22H2,(H,23,24,25). The molecule has 0 aliphatic heterocycles. The molecule has 0 fully saturated rings. The molecule has 0 saturated heterocycles. The van der Waals surface area contributed by atoms with Crippen molar-refractivity contribution < 1.29 is 4.74 Å². The molecule has 0 aliphatic carbocycles. The summed E-state index contributed by atoms with van der Waals surface area (Å²) in [6.07, 6.45) is 1.41. The third-order valence-corrected chi connectivity index (χ3v) is 4.13. The average Bonchev–Trinajstić information content (AvgIpc) is 2.65. The van der Waals surface area contributed by atoms with E-state index in [0.29, 0.717) is 28.2 Å². The molecule has 4 rings (SSSR count). The summed E-state index contributed by atoms with van der Waals surface area (Å²) < 4.78 is 5.98. The van der Waals surface area contributed by atoms with Crippen molar-refractivity contribution in [3.8, 4) is 11.6 Å². The number of nitrogen functional groups attached to an aromatic ring is 1. The van der Waals surface area contributed by atoms with Crippen LogP contribution in [0.25, 0.3) is 10.8 Å². The number of aromatic nitrogens is 2. The first kappa shape index (κ1) is 16.2. The van der Waals surface area contributed by atoms with Crippen LogP contribution in [-0.4, -0.2) is 9.97 Å². The van der Waals surface area contributed by atoms with E-state index in [-0.39, 0.29) is 0 Å². The van der Waals surface area contributed by atoms with E-state index in [9.17, 15) is 0 Å². The molecular formula is C20H15ClN4O. The summed E-state index contributed by atoms with van der Waals surface area (Å²) >= 11 is 6.02. The molecule has 128 valence electrons. The van der Waals surface area contributed by atoms with Gasteiger partial charge in [0.15, 0.2) is 5.82 Å². The Kier molecular flexibility index (Phi) is 4.29. The molecule has 6 heteroatoms. The van der Waals surface area contributed by atoms with Gasteiger partial charge in [0, 0.05) is 16.1 Å². The Morgan fingerprint density at radius 1 is 0.923 bits per heavy atom. The Labute approximate surface area is 155 Å². The lowest BCUT2D eigenvalue weighted by Crippen LogP contribution is -2.03. The minimum absolute atomic E-state index is 0.292. The van der Waals surface area contributed by atoms with Crippen molar-refractivity contribution in [2.75, 3.05) is 11.1 Å². The molecule has 0 saturated carbocycles. The molecule has 4 aromatic rings. The predicted octanol–water partition coefficient (Wildman–Crippen LogP) is 5.40. The number of rotatable bonds is 4. The first-order chi connectivity index (χ1) is 12.7. The van der Waals surface area contributed by atoms with Crippen LogP contribution < -0.4 is 15.8 Å². The molecule has 1 aromatic heterocycles. The molecule has 1 heterocycles. The molecule has 0 unspecified atom stereocenters. The maximum atomic E-state index is 6.22. The zero-order valence-electron chi connectivity index (χ0n) is 13.7. The summed E-state index contributed by atoms with van der Waals surface area (Å²) in [5, 5.41) is 5.82. The van der Waals surface area contributed by atoms with Gasteiger partial charge in [0.1, 0.15) is 17.8 Å². The molecule has 0 amide bonds. The maximum Gasteiger partial charge on any atom is 0.248 e. The van der Waals surface area contributed by atoms with Crippen molar-refractivity contribution in [3.05, 3.63) is 78.1 Å². The summed E-state index contributed by atoms with van der Waals surface area (Å²) in [7, 11) is 0. The van der Waals surface area contributed by atoms with E-state index in [1.165, 1.54) is 6.33 Å². The number of benzene rings is 3. The molecule has 0 bridgehead atoms. The second-order valence-electron chi connectivity index (χ2n) is 5.66. The van der Waals surface area contributed by atoms with E-state index in [1.807, 2.05) is 54.6 Å². The number of nitrogens with one attached hydrogen (secondary N) is 1. The van der Waals surface area contributed by atoms with Crippen LogP contribution in [0.2, 0.25) is 5.02 Å². The quantitative estimate of drug-likeness (QED) is 0.508. The highest BCUT2D eigenvalue weighted by Crippen LogP contribution is 2.34. The minimum Gasteiger partial charge on any atom is -0.436 e. The van der Waals surface area contributed by atoms with E-state index in [4.69, 9.17) is 22.1 Å². The fourth-order valence-corrected chi connectivity index (χ4v) is 2.84. The second kappa shape index (κ2) is 6.90. The largest absolute Gasteiger partial charge is 0.436 e. The van der Waals surface area contributed by atoms with E-state index in [1.54, 1.807) is 12.1 Å². The van der Waals surface area contributed by atoms with Crippen LogP contribution in [0, 0.1) is 0 Å². The van der Waals surface area contributed by atoms with E-state index in [0.717, 1.165) is 16.5 Å². The summed E-state index contributed by atoms with van der Waals surface area (Å²) in [5.74, 6) is 1.43. The van der Waals surface area contributed by atoms with Crippen molar-refractivity contribution in [2.24, 2.45) is 0 Å². The van der Waals surface area contributed by atoms with Crippen molar-refractivity contribution in [3.63, 3.8) is 0 Å². The highest BCUT2D eigenvalue weighted by molar-refractivity contribution is 6.30. The van der Waals surface area contributed by atoms with Crippen LogP contribution in [0.4, 0.5) is 17.2 Å². The zero-order valence-corrected chi connectivity index (χ0v) is 14.4. The fraction of sp³-hybridized carbons (Fsp3) is 0. The van der Waals surface area contributed by atoms with Crippen molar-refractivity contribution >= 4 is 39.6 Å². The number of ether oxygens (including phenoxy) is 1. The molecule has 0 aliphatic rings. The Bertz CT molecular complexity index is 1080. The Morgan fingerprint density at radius 2 is 1.73 bits per heavy atom. The van der Waals surface area contributed by atoms with Crippen LogP contribution in [-0.2, 0) is 0 Å². The van der Waals surface area contributed by atoms with Gasteiger partial charge in [-0.3, -0.25) is 0 Å². The van der Waals surface area contributed by atoms with Gasteiger partial charge in [0.05, 0.1) is 0 Å². The van der Waals surface area contributed by atoms with Gasteiger partial charge in [0.2, 0.25) is 5.88 Å². The molecule has 0 spiro atoms. The Balaban J connectivity index is 1.67. The zero-order chi connectivity index (χ0) is 17.9. The van der Waals surface area contributed by atoms with Gasteiger partial charge in [-0.05, 0) is 29.7 Å². The Hall–Kier alpha value is -3.31. The summed E-state index contributed by atoms with van der Waals surface area (Å²) in [4.78, 5) is 8.37. The van der Waals surface area contributed by atoms with Gasteiger partial charge in [-0.25, -0.2) is 4.98 Å². The van der Waals surface area contributed by atoms with Gasteiger partial charge < -0.3 is 15.8 Å². The van der Waals surface area contributed by atoms with Gasteiger partial charge in [-0.15, -0.1) is 0 Å². The van der Waals surface area contributed by atoms with Crippen molar-refractivity contribution in [1.82, 2.24) is 9.97 Å². The lowest BCUT2D eigenvalue weighted by molar-refractivity contribution is 0.470. The molecule has 26 heavy (non-hydrogen) atoms. The molecule has 3 N–H and O–H groups in total. The number of nitrogens with two attached hydrogens (primary N) is 1. The number of anilines is 3. The van der Waals surface area contributed by atoms with Gasteiger partial charge in [-0.2, -0.15) is 4.98 Å². The van der Waals surface area contributed by atoms with Crippen LogP contribution >= 0.6 is 11.6 Å². The van der Waals surface area contributed by atoms with E-state index < -0.39 is 0 Å². The highest BCUT2D eigenvalue weighted by atomic mass is 35.5. The van der Waals surface area contributed by atoms with Crippen molar-refractivity contribution in [1.29, 1.82) is 0 Å². The molecular weight excluding hydrogens is 348 g/mol. The van der Waals surface area contributed by atoms with E-state index in [2.05, 4.69) is 15.3 Å². The fourth-order valence-electron chi connectivity index (χ4n) is 2.65. The first-order valence-corrected chi connectivity index (χ1v) is 8.37. The van der Waals surface area contributed by atoms with Gasteiger partial charge in [0.25, 0.3) is 0 Å². The van der Waals surface area contributed by atoms with Gasteiger partial charge >= 0.3 is 0 Å². The maximum absolute atomic E-state index is 6.22. The first-order valence-electron chi connectivity index (χ1n) is 7.99. The summed E-state index contributed by atoms with van der Waals surface area (Å²) in [6.45, 7) is 0. The second-order valence-corrected chi connectivity index (χ2v) is 6.09. The summed E-state index contributed by atoms with van der Waals surface area (Å²) in [5.41, 5.74) is 7.31. The van der Waals surface area contributed by atoms with Crippen LogP contribution in [0.3, 0.4) is 0 Å². The number of hydrogen-bond acceptors (Lipinski definition) is 5. The Morgan fingerprint density at radius 3 is 2.62 bits per heavy atom. The molecule has 3 aromatic carbocycles. The SMILES string of the molecule is Nc1c(Nc2cccc(Cl)c2)ncnc1Oc1cccc2ccccc12. The van der Waals surface area contributed by atoms with Crippen LogP contribution in [0.15, 0.2) is 73.1 Å². The van der Waals surface area contributed by atoms with E-state index >= 15 is 0 Å². The molecule has 0 atom stereocenters. The third-order valence-electron chi connectivity index (χ3n) is 3.89. The number of fused-ring (bicyclic) bond motifs is 1. The topological polar surface area (TPSA) is 73.1 Å². The number of hydrogen-bond donors (Lipinski definition) is 2. The minimum atomic E-state index is 0.292. The predicted molar refractivity (Wildman–Crippen MR) is 105 cm³/mol.